The molecule has 142 valence electrons. The summed E-state index contributed by atoms with van der Waals surface area (Å²) in [7, 11) is 0. The van der Waals surface area contributed by atoms with Crippen molar-refractivity contribution in [3.8, 4) is 0 Å². The summed E-state index contributed by atoms with van der Waals surface area (Å²) in [5.74, 6) is -1.87. The molecule has 1 aliphatic heterocycles. The average molecular weight is 384 g/mol. The van der Waals surface area contributed by atoms with Crippen LogP contribution in [0.3, 0.4) is 0 Å². The van der Waals surface area contributed by atoms with Gasteiger partial charge in [0.25, 0.3) is 11.8 Å². The van der Waals surface area contributed by atoms with E-state index in [4.69, 9.17) is 4.84 Å². The van der Waals surface area contributed by atoms with Crippen LogP contribution in [0.4, 0.5) is 0 Å². The fraction of sp³-hybridized carbons (Fsp3) is 0.0870. The standard InChI is InChI=1S/C23H16N2O4/c26-21(29-25-22(27)17-9-1-2-10-18(17)23(25)28)13-14-24-19-11-5-3-7-15(19)16-8-4-6-12-20(16)24/h1-12H,13-14H2. The van der Waals surface area contributed by atoms with Crippen molar-refractivity contribution in [2.24, 2.45) is 0 Å². The molecule has 1 aromatic heterocycles. The molecule has 2 amide bonds. The van der Waals surface area contributed by atoms with Crippen LogP contribution in [0.25, 0.3) is 21.8 Å². The average Bonchev–Trinajstić information content (AvgIpc) is 3.20. The molecule has 0 fully saturated rings. The molecule has 0 spiro atoms. The maximum atomic E-state index is 12.4. The lowest BCUT2D eigenvalue weighted by Crippen LogP contribution is -2.32. The van der Waals surface area contributed by atoms with E-state index in [1.807, 2.05) is 53.1 Å². The Morgan fingerprint density at radius 1 is 0.724 bits per heavy atom. The number of carbonyl (C=O) groups excluding carboxylic acids is 3. The van der Waals surface area contributed by atoms with Gasteiger partial charge < -0.3 is 9.40 Å². The number of benzene rings is 3. The third kappa shape index (κ3) is 2.69. The lowest BCUT2D eigenvalue weighted by atomic mass is 10.1. The number of aromatic nitrogens is 1. The molecular weight excluding hydrogens is 368 g/mol. The second-order valence-corrected chi connectivity index (χ2v) is 6.85. The van der Waals surface area contributed by atoms with Crippen LogP contribution in [-0.4, -0.2) is 27.4 Å². The van der Waals surface area contributed by atoms with Crippen molar-refractivity contribution in [2.45, 2.75) is 13.0 Å². The van der Waals surface area contributed by atoms with E-state index in [1.165, 1.54) is 0 Å². The fourth-order valence-corrected chi connectivity index (χ4v) is 3.84. The maximum absolute atomic E-state index is 12.4. The molecule has 1 aliphatic rings. The first-order valence-corrected chi connectivity index (χ1v) is 9.30. The summed E-state index contributed by atoms with van der Waals surface area (Å²) in [6.45, 7) is 0.371. The van der Waals surface area contributed by atoms with Gasteiger partial charge in [0.15, 0.2) is 0 Å². The number of hydrogen-bond acceptors (Lipinski definition) is 4. The molecule has 0 aliphatic carbocycles. The Hall–Kier alpha value is -3.93. The molecule has 2 heterocycles. The smallest absolute Gasteiger partial charge is 0.335 e. The highest BCUT2D eigenvalue weighted by Crippen LogP contribution is 2.29. The normalized spacial score (nSPS) is 13.3. The van der Waals surface area contributed by atoms with Gasteiger partial charge in [0.1, 0.15) is 0 Å². The van der Waals surface area contributed by atoms with Gasteiger partial charge in [-0.2, -0.15) is 0 Å². The number of nitrogens with zero attached hydrogens (tertiary/aromatic N) is 2. The van der Waals surface area contributed by atoms with Gasteiger partial charge in [-0.25, -0.2) is 4.79 Å². The van der Waals surface area contributed by atoms with E-state index in [0.29, 0.717) is 11.6 Å². The van der Waals surface area contributed by atoms with Crippen LogP contribution >= 0.6 is 0 Å². The topological polar surface area (TPSA) is 68.6 Å². The molecule has 6 nitrogen and oxygen atoms in total. The van der Waals surface area contributed by atoms with Gasteiger partial charge in [-0.15, -0.1) is 0 Å². The molecule has 0 unspecified atom stereocenters. The summed E-state index contributed by atoms with van der Waals surface area (Å²) in [6, 6.07) is 22.4. The lowest BCUT2D eigenvalue weighted by Gasteiger charge is -2.13. The van der Waals surface area contributed by atoms with E-state index in [2.05, 4.69) is 0 Å². The first-order valence-electron chi connectivity index (χ1n) is 9.30. The zero-order chi connectivity index (χ0) is 20.0. The molecule has 3 aromatic carbocycles. The zero-order valence-corrected chi connectivity index (χ0v) is 15.4. The predicted octanol–water partition coefficient (Wildman–Crippen LogP) is 3.94. The van der Waals surface area contributed by atoms with Gasteiger partial charge in [0.2, 0.25) is 0 Å². The number of para-hydroxylation sites is 2. The molecule has 0 saturated heterocycles. The van der Waals surface area contributed by atoms with Crippen molar-refractivity contribution in [1.29, 1.82) is 0 Å². The number of carbonyl (C=O) groups is 3. The highest BCUT2D eigenvalue weighted by atomic mass is 16.7. The first kappa shape index (κ1) is 17.2. The highest BCUT2D eigenvalue weighted by Gasteiger charge is 2.38. The van der Waals surface area contributed by atoms with Gasteiger partial charge >= 0.3 is 5.97 Å². The van der Waals surface area contributed by atoms with Crippen LogP contribution in [0.15, 0.2) is 72.8 Å². The Morgan fingerprint density at radius 2 is 1.21 bits per heavy atom. The number of hydrogen-bond donors (Lipinski definition) is 0. The molecule has 5 rings (SSSR count). The molecule has 4 aromatic rings. The highest BCUT2D eigenvalue weighted by molar-refractivity contribution is 6.20. The van der Waals surface area contributed by atoms with Gasteiger partial charge in [0, 0.05) is 28.4 Å². The van der Waals surface area contributed by atoms with Crippen LogP contribution in [0.1, 0.15) is 27.1 Å². The Balaban J connectivity index is 1.37. The van der Waals surface area contributed by atoms with Gasteiger partial charge in [-0.05, 0) is 24.3 Å². The summed E-state index contributed by atoms with van der Waals surface area (Å²) in [4.78, 5) is 42.2. The van der Waals surface area contributed by atoms with Crippen LogP contribution in [0.2, 0.25) is 0 Å². The van der Waals surface area contributed by atoms with Crippen molar-refractivity contribution >= 4 is 39.6 Å². The summed E-state index contributed by atoms with van der Waals surface area (Å²) in [6.07, 6.45) is 0.0239. The van der Waals surface area contributed by atoms with Gasteiger partial charge in [-0.1, -0.05) is 53.6 Å². The molecular formula is C23H16N2O4. The van der Waals surface area contributed by atoms with E-state index in [0.717, 1.165) is 21.8 Å². The van der Waals surface area contributed by atoms with Crippen molar-refractivity contribution in [1.82, 2.24) is 9.63 Å². The minimum Gasteiger partial charge on any atom is -0.340 e. The van der Waals surface area contributed by atoms with E-state index < -0.39 is 17.8 Å². The minimum atomic E-state index is -0.638. The van der Waals surface area contributed by atoms with Crippen LogP contribution in [-0.2, 0) is 16.2 Å². The van der Waals surface area contributed by atoms with E-state index >= 15 is 0 Å². The summed E-state index contributed by atoms with van der Waals surface area (Å²) in [5, 5.41) is 2.77. The predicted molar refractivity (Wildman–Crippen MR) is 107 cm³/mol. The molecule has 0 saturated carbocycles. The number of fused-ring (bicyclic) bond motifs is 4. The number of aryl methyl sites for hydroxylation is 1. The second-order valence-electron chi connectivity index (χ2n) is 6.85. The Morgan fingerprint density at radius 3 is 1.76 bits per heavy atom. The summed E-state index contributed by atoms with van der Waals surface area (Å²) in [5.41, 5.74) is 2.52. The molecule has 0 atom stereocenters. The largest absolute Gasteiger partial charge is 0.340 e. The summed E-state index contributed by atoms with van der Waals surface area (Å²) < 4.78 is 2.05. The molecule has 0 N–H and O–H groups in total. The molecule has 6 heteroatoms. The number of amides is 2. The molecule has 0 radical (unpaired) electrons. The summed E-state index contributed by atoms with van der Waals surface area (Å²) >= 11 is 0. The van der Waals surface area contributed by atoms with E-state index in [9.17, 15) is 14.4 Å². The van der Waals surface area contributed by atoms with Crippen LogP contribution in [0, 0.1) is 0 Å². The van der Waals surface area contributed by atoms with Gasteiger partial charge in [0.05, 0.1) is 17.5 Å². The zero-order valence-electron chi connectivity index (χ0n) is 15.4. The third-order valence-electron chi connectivity index (χ3n) is 5.17. The number of hydroxylamine groups is 2. The molecule has 0 bridgehead atoms. The SMILES string of the molecule is O=C(CCn1c2ccccc2c2ccccc21)ON1C(=O)c2ccccc2C1=O. The van der Waals surface area contributed by atoms with Crippen molar-refractivity contribution in [3.63, 3.8) is 0 Å². The lowest BCUT2D eigenvalue weighted by molar-refractivity contribution is -0.168. The fourth-order valence-electron chi connectivity index (χ4n) is 3.84. The Labute approximate surface area is 165 Å². The Bertz CT molecular complexity index is 1220. The second kappa shape index (κ2) is 6.60. The van der Waals surface area contributed by atoms with Crippen molar-refractivity contribution < 1.29 is 19.2 Å². The van der Waals surface area contributed by atoms with Crippen LogP contribution < -0.4 is 0 Å². The number of rotatable bonds is 4. The van der Waals surface area contributed by atoms with E-state index in [1.54, 1.807) is 24.3 Å². The maximum Gasteiger partial charge on any atom is 0.335 e. The quantitative estimate of drug-likeness (QED) is 0.500. The third-order valence-corrected chi connectivity index (χ3v) is 5.17. The Kier molecular flexibility index (Phi) is 3.91. The minimum absolute atomic E-state index is 0.0239. The van der Waals surface area contributed by atoms with Crippen molar-refractivity contribution in [3.05, 3.63) is 83.9 Å². The van der Waals surface area contributed by atoms with Crippen LogP contribution in [0.5, 0.6) is 0 Å². The van der Waals surface area contributed by atoms with E-state index in [-0.39, 0.29) is 17.5 Å². The first-order chi connectivity index (χ1) is 14.1. The van der Waals surface area contributed by atoms with Gasteiger partial charge in [-0.3, -0.25) is 9.59 Å². The number of imide groups is 1. The molecule has 29 heavy (non-hydrogen) atoms. The monoisotopic (exact) mass is 384 g/mol. The van der Waals surface area contributed by atoms with Crippen molar-refractivity contribution in [2.75, 3.05) is 0 Å².